The van der Waals surface area contributed by atoms with E-state index in [0.29, 0.717) is 10.7 Å². The Hall–Kier alpha value is -0.340. The van der Waals surface area contributed by atoms with Crippen LogP contribution in [0.1, 0.15) is 43.1 Å². The summed E-state index contributed by atoms with van der Waals surface area (Å²) in [6.07, 6.45) is 1.16. The van der Waals surface area contributed by atoms with Gasteiger partial charge < -0.3 is 4.74 Å². The van der Waals surface area contributed by atoms with E-state index >= 15 is 0 Å². The van der Waals surface area contributed by atoms with Crippen molar-refractivity contribution in [3.05, 3.63) is 35.4 Å². The number of hydrogen-bond acceptors (Lipinski definition) is 1. The number of alkyl halides is 1. The number of rotatable bonds is 2. The van der Waals surface area contributed by atoms with Gasteiger partial charge in [0.1, 0.15) is 0 Å². The molecule has 1 aromatic carbocycles. The summed E-state index contributed by atoms with van der Waals surface area (Å²) in [6, 6.07) is 9.00. The first-order valence-electron chi connectivity index (χ1n) is 6.31. The molecule has 0 aliphatic carbocycles. The van der Waals surface area contributed by atoms with Crippen LogP contribution in [0.15, 0.2) is 24.3 Å². The third kappa shape index (κ3) is 3.11. The summed E-state index contributed by atoms with van der Waals surface area (Å²) < 4.78 is 5.45. The fourth-order valence-corrected chi connectivity index (χ4v) is 2.94. The molecule has 0 aromatic heterocycles. The summed E-state index contributed by atoms with van der Waals surface area (Å²) in [5, 5.41) is 0. The molecule has 0 amide bonds. The SMILES string of the molecule is CC(C)(C)c1ccc(C(Br)C2CCOC2)cc1. The van der Waals surface area contributed by atoms with Crippen molar-refractivity contribution in [2.75, 3.05) is 13.2 Å². The van der Waals surface area contributed by atoms with Crippen LogP contribution in [0.3, 0.4) is 0 Å². The first-order valence-corrected chi connectivity index (χ1v) is 7.22. The van der Waals surface area contributed by atoms with Crippen LogP contribution in [0.5, 0.6) is 0 Å². The van der Waals surface area contributed by atoms with Gasteiger partial charge in [0.05, 0.1) is 6.61 Å². The molecular formula is C15H21BrO. The zero-order chi connectivity index (χ0) is 12.5. The van der Waals surface area contributed by atoms with Crippen molar-refractivity contribution >= 4 is 15.9 Å². The molecule has 1 nitrogen and oxygen atoms in total. The summed E-state index contributed by atoms with van der Waals surface area (Å²) in [5.74, 6) is 0.621. The number of ether oxygens (including phenoxy) is 1. The summed E-state index contributed by atoms with van der Waals surface area (Å²) >= 11 is 3.81. The van der Waals surface area contributed by atoms with E-state index in [1.54, 1.807) is 0 Å². The highest BCUT2D eigenvalue weighted by atomic mass is 79.9. The summed E-state index contributed by atoms with van der Waals surface area (Å²) in [7, 11) is 0. The Bertz CT molecular complexity index is 358. The summed E-state index contributed by atoms with van der Waals surface area (Å²) in [4.78, 5) is 0.430. The number of benzene rings is 1. The minimum Gasteiger partial charge on any atom is -0.381 e. The lowest BCUT2D eigenvalue weighted by Crippen LogP contribution is -2.12. The Morgan fingerprint density at radius 2 is 1.88 bits per heavy atom. The summed E-state index contributed by atoms with van der Waals surface area (Å²) in [5.41, 5.74) is 2.99. The van der Waals surface area contributed by atoms with Gasteiger partial charge in [-0.25, -0.2) is 0 Å². The topological polar surface area (TPSA) is 9.23 Å². The van der Waals surface area contributed by atoms with Gasteiger partial charge in [-0.3, -0.25) is 0 Å². The molecule has 1 fully saturated rings. The van der Waals surface area contributed by atoms with Crippen LogP contribution in [-0.2, 0) is 10.2 Å². The number of halogens is 1. The lowest BCUT2D eigenvalue weighted by molar-refractivity contribution is 0.185. The van der Waals surface area contributed by atoms with Crippen LogP contribution in [0.25, 0.3) is 0 Å². The molecule has 17 heavy (non-hydrogen) atoms. The fourth-order valence-electron chi connectivity index (χ4n) is 2.22. The van der Waals surface area contributed by atoms with Crippen LogP contribution in [-0.4, -0.2) is 13.2 Å². The first-order chi connectivity index (χ1) is 7.98. The quantitative estimate of drug-likeness (QED) is 0.732. The lowest BCUT2D eigenvalue weighted by Gasteiger charge is -2.21. The zero-order valence-electron chi connectivity index (χ0n) is 10.9. The second-order valence-electron chi connectivity index (χ2n) is 5.90. The molecule has 0 saturated carbocycles. The van der Waals surface area contributed by atoms with Gasteiger partial charge in [-0.2, -0.15) is 0 Å². The van der Waals surface area contributed by atoms with Gasteiger partial charge in [-0.1, -0.05) is 61.0 Å². The van der Waals surface area contributed by atoms with Crippen LogP contribution in [0.2, 0.25) is 0 Å². The van der Waals surface area contributed by atoms with Gasteiger partial charge in [-0.15, -0.1) is 0 Å². The molecule has 0 N–H and O–H groups in total. The van der Waals surface area contributed by atoms with Crippen molar-refractivity contribution in [2.45, 2.75) is 37.4 Å². The predicted octanol–water partition coefficient (Wildman–Crippen LogP) is 4.46. The van der Waals surface area contributed by atoms with Crippen molar-refractivity contribution < 1.29 is 4.74 Å². The van der Waals surface area contributed by atoms with Gasteiger partial charge >= 0.3 is 0 Å². The van der Waals surface area contributed by atoms with Gasteiger partial charge in [0, 0.05) is 17.4 Å². The molecule has 0 spiro atoms. The highest BCUT2D eigenvalue weighted by Crippen LogP contribution is 2.36. The smallest absolute Gasteiger partial charge is 0.0509 e. The van der Waals surface area contributed by atoms with E-state index in [1.165, 1.54) is 11.1 Å². The average molecular weight is 297 g/mol. The molecule has 1 saturated heterocycles. The maximum Gasteiger partial charge on any atom is 0.0509 e. The Labute approximate surface area is 113 Å². The van der Waals surface area contributed by atoms with Crippen molar-refractivity contribution in [3.63, 3.8) is 0 Å². The molecule has 0 radical (unpaired) electrons. The largest absolute Gasteiger partial charge is 0.381 e. The predicted molar refractivity (Wildman–Crippen MR) is 75.7 cm³/mol. The minimum atomic E-state index is 0.233. The van der Waals surface area contributed by atoms with Gasteiger partial charge in [0.25, 0.3) is 0 Å². The van der Waals surface area contributed by atoms with Crippen molar-refractivity contribution in [1.82, 2.24) is 0 Å². The second kappa shape index (κ2) is 5.11. The van der Waals surface area contributed by atoms with Crippen LogP contribution < -0.4 is 0 Å². The molecule has 2 atom stereocenters. The maximum atomic E-state index is 5.45. The Morgan fingerprint density at radius 3 is 2.35 bits per heavy atom. The Kier molecular flexibility index (Phi) is 3.94. The highest BCUT2D eigenvalue weighted by Gasteiger charge is 2.25. The van der Waals surface area contributed by atoms with E-state index in [1.807, 2.05) is 0 Å². The van der Waals surface area contributed by atoms with E-state index < -0.39 is 0 Å². The molecule has 2 rings (SSSR count). The summed E-state index contributed by atoms with van der Waals surface area (Å²) in [6.45, 7) is 8.54. The Balaban J connectivity index is 2.12. The zero-order valence-corrected chi connectivity index (χ0v) is 12.5. The molecule has 2 heteroatoms. The first kappa shape index (κ1) is 13.1. The third-order valence-corrected chi connectivity index (χ3v) is 4.75. The molecular weight excluding hydrogens is 276 g/mol. The average Bonchev–Trinajstić information content (AvgIpc) is 2.80. The van der Waals surface area contributed by atoms with E-state index in [0.717, 1.165) is 19.6 Å². The van der Waals surface area contributed by atoms with Gasteiger partial charge in [0.2, 0.25) is 0 Å². The Morgan fingerprint density at radius 1 is 1.24 bits per heavy atom. The molecule has 1 aromatic rings. The molecule has 2 unspecified atom stereocenters. The van der Waals surface area contributed by atoms with E-state index in [-0.39, 0.29) is 5.41 Å². The molecule has 0 bridgehead atoms. The molecule has 1 heterocycles. The van der Waals surface area contributed by atoms with Crippen molar-refractivity contribution in [2.24, 2.45) is 5.92 Å². The molecule has 94 valence electrons. The van der Waals surface area contributed by atoms with E-state index in [2.05, 4.69) is 61.0 Å². The standard InChI is InChI=1S/C15H21BrO/c1-15(2,3)13-6-4-11(5-7-13)14(16)12-8-9-17-10-12/h4-7,12,14H,8-10H2,1-3H3. The van der Waals surface area contributed by atoms with Crippen molar-refractivity contribution in [1.29, 1.82) is 0 Å². The lowest BCUT2D eigenvalue weighted by atomic mass is 9.86. The van der Waals surface area contributed by atoms with Crippen LogP contribution in [0.4, 0.5) is 0 Å². The van der Waals surface area contributed by atoms with E-state index in [9.17, 15) is 0 Å². The van der Waals surface area contributed by atoms with E-state index in [4.69, 9.17) is 4.74 Å². The van der Waals surface area contributed by atoms with Gasteiger partial charge in [-0.05, 0) is 23.0 Å². The minimum absolute atomic E-state index is 0.233. The van der Waals surface area contributed by atoms with Crippen LogP contribution >= 0.6 is 15.9 Å². The molecule has 1 aliphatic rings. The molecule has 1 aliphatic heterocycles. The fraction of sp³-hybridized carbons (Fsp3) is 0.600. The number of hydrogen-bond donors (Lipinski definition) is 0. The van der Waals surface area contributed by atoms with Crippen molar-refractivity contribution in [3.8, 4) is 0 Å². The monoisotopic (exact) mass is 296 g/mol. The third-order valence-electron chi connectivity index (χ3n) is 3.47. The van der Waals surface area contributed by atoms with Crippen LogP contribution in [0, 0.1) is 5.92 Å². The van der Waals surface area contributed by atoms with Gasteiger partial charge in [0.15, 0.2) is 0 Å². The highest BCUT2D eigenvalue weighted by molar-refractivity contribution is 9.09. The normalized spacial score (nSPS) is 22.7. The second-order valence-corrected chi connectivity index (χ2v) is 6.88. The maximum absolute atomic E-state index is 5.45.